The number of esters is 1. The lowest BCUT2D eigenvalue weighted by Gasteiger charge is -2.19. The Balaban J connectivity index is 1.56. The maximum Gasteiger partial charge on any atom is 0.331 e. The van der Waals surface area contributed by atoms with E-state index in [1.165, 1.54) is 18.2 Å². The first-order valence-corrected chi connectivity index (χ1v) is 9.72. The Morgan fingerprint density at radius 1 is 1.24 bits per heavy atom. The molecule has 0 radical (unpaired) electrons. The normalized spacial score (nSPS) is 13.7. The monoisotopic (exact) mass is 460 g/mol. The molecule has 0 spiro atoms. The average Bonchev–Trinajstić information content (AvgIpc) is 3.13. The predicted molar refractivity (Wildman–Crippen MR) is 111 cm³/mol. The van der Waals surface area contributed by atoms with Gasteiger partial charge in [0.2, 0.25) is 5.91 Å². The first kappa shape index (κ1) is 20.7. The van der Waals surface area contributed by atoms with Crippen LogP contribution in [0.4, 0.5) is 15.8 Å². The van der Waals surface area contributed by atoms with Crippen molar-refractivity contribution in [1.82, 2.24) is 0 Å². The van der Waals surface area contributed by atoms with Gasteiger partial charge in [0.15, 0.2) is 6.61 Å². The summed E-state index contributed by atoms with van der Waals surface area (Å²) in [5.41, 5.74) is 1.29. The topological polar surface area (TPSA) is 75.7 Å². The van der Waals surface area contributed by atoms with Crippen molar-refractivity contribution in [1.29, 1.82) is 0 Å². The Labute approximate surface area is 175 Å². The molecule has 0 aliphatic carbocycles. The molecule has 0 saturated carbocycles. The second-order valence-electron chi connectivity index (χ2n) is 6.32. The number of halogens is 2. The number of carbonyl (C=O) groups is 3. The number of benzene rings is 2. The minimum Gasteiger partial charge on any atom is -0.452 e. The molecule has 1 aliphatic heterocycles. The van der Waals surface area contributed by atoms with E-state index in [1.807, 2.05) is 0 Å². The van der Waals surface area contributed by atoms with Crippen LogP contribution in [0.1, 0.15) is 18.4 Å². The SMILES string of the molecule is O=C(COC(=O)/C=C/c1cc(Br)ccc1F)Nc1ccccc1N1CCCC1=O. The van der Waals surface area contributed by atoms with Crippen molar-refractivity contribution < 1.29 is 23.5 Å². The lowest BCUT2D eigenvalue weighted by atomic mass is 10.2. The third-order valence-corrected chi connectivity index (χ3v) is 4.74. The van der Waals surface area contributed by atoms with Gasteiger partial charge in [-0.25, -0.2) is 9.18 Å². The number of hydrogen-bond donors (Lipinski definition) is 1. The molecule has 1 saturated heterocycles. The molecule has 1 aliphatic rings. The van der Waals surface area contributed by atoms with Crippen LogP contribution in [0.3, 0.4) is 0 Å². The van der Waals surface area contributed by atoms with Crippen molar-refractivity contribution in [2.75, 3.05) is 23.4 Å². The quantitative estimate of drug-likeness (QED) is 0.523. The molecular weight excluding hydrogens is 443 g/mol. The Morgan fingerprint density at radius 3 is 2.79 bits per heavy atom. The van der Waals surface area contributed by atoms with Crippen LogP contribution < -0.4 is 10.2 Å². The van der Waals surface area contributed by atoms with Gasteiger partial charge in [0.1, 0.15) is 5.82 Å². The highest BCUT2D eigenvalue weighted by molar-refractivity contribution is 9.10. The number of ether oxygens (including phenoxy) is 1. The van der Waals surface area contributed by atoms with Gasteiger partial charge < -0.3 is 15.0 Å². The van der Waals surface area contributed by atoms with E-state index in [1.54, 1.807) is 35.2 Å². The van der Waals surface area contributed by atoms with Gasteiger partial charge in [0, 0.05) is 29.1 Å². The summed E-state index contributed by atoms with van der Waals surface area (Å²) in [4.78, 5) is 37.6. The van der Waals surface area contributed by atoms with Crippen LogP contribution in [0.5, 0.6) is 0 Å². The lowest BCUT2D eigenvalue weighted by molar-refractivity contribution is -0.142. The maximum atomic E-state index is 13.7. The van der Waals surface area contributed by atoms with Crippen LogP contribution in [-0.2, 0) is 19.1 Å². The molecule has 8 heteroatoms. The van der Waals surface area contributed by atoms with Crippen LogP contribution >= 0.6 is 15.9 Å². The number of rotatable bonds is 6. The molecule has 150 valence electrons. The van der Waals surface area contributed by atoms with Crippen LogP contribution in [0, 0.1) is 5.82 Å². The maximum absolute atomic E-state index is 13.7. The van der Waals surface area contributed by atoms with E-state index in [4.69, 9.17) is 4.74 Å². The van der Waals surface area contributed by atoms with Gasteiger partial charge in [0.25, 0.3) is 5.91 Å². The highest BCUT2D eigenvalue weighted by Crippen LogP contribution is 2.29. The molecule has 6 nitrogen and oxygen atoms in total. The first-order valence-electron chi connectivity index (χ1n) is 8.93. The van der Waals surface area contributed by atoms with Crippen LogP contribution in [-0.4, -0.2) is 30.9 Å². The fourth-order valence-electron chi connectivity index (χ4n) is 2.89. The summed E-state index contributed by atoms with van der Waals surface area (Å²) in [6.45, 7) is 0.0874. The summed E-state index contributed by atoms with van der Waals surface area (Å²) >= 11 is 3.22. The molecule has 29 heavy (non-hydrogen) atoms. The molecule has 2 amide bonds. The molecule has 0 bridgehead atoms. The van der Waals surface area contributed by atoms with Crippen LogP contribution in [0.15, 0.2) is 53.0 Å². The highest BCUT2D eigenvalue weighted by atomic mass is 79.9. The van der Waals surface area contributed by atoms with Gasteiger partial charge >= 0.3 is 5.97 Å². The molecule has 0 unspecified atom stereocenters. The van der Waals surface area contributed by atoms with E-state index in [-0.39, 0.29) is 11.5 Å². The van der Waals surface area contributed by atoms with Crippen molar-refractivity contribution in [2.45, 2.75) is 12.8 Å². The highest BCUT2D eigenvalue weighted by Gasteiger charge is 2.24. The van der Waals surface area contributed by atoms with E-state index in [2.05, 4.69) is 21.2 Å². The second kappa shape index (κ2) is 9.47. The predicted octanol–water partition coefficient (Wildman–Crippen LogP) is 3.91. The molecule has 0 atom stereocenters. The van der Waals surface area contributed by atoms with Crippen molar-refractivity contribution >= 4 is 51.2 Å². The molecular formula is C21H18BrFN2O4. The zero-order valence-electron chi connectivity index (χ0n) is 15.4. The number of nitrogens with zero attached hydrogens (tertiary/aromatic N) is 1. The standard InChI is InChI=1S/C21H18BrFN2O4/c22-15-8-9-16(23)14(12-15)7-10-21(28)29-13-19(26)24-17-4-1-2-5-18(17)25-11-3-6-20(25)27/h1-2,4-5,7-10,12H,3,6,11,13H2,(H,24,26)/b10-7+. The van der Waals surface area contributed by atoms with Gasteiger partial charge in [-0.2, -0.15) is 0 Å². The van der Waals surface area contributed by atoms with Gasteiger partial charge in [-0.05, 0) is 42.8 Å². The summed E-state index contributed by atoms with van der Waals surface area (Å²) in [5, 5.41) is 2.65. The average molecular weight is 461 g/mol. The Morgan fingerprint density at radius 2 is 2.03 bits per heavy atom. The summed E-state index contributed by atoms with van der Waals surface area (Å²) in [6, 6.07) is 11.3. The molecule has 3 rings (SSSR count). The number of carbonyl (C=O) groups excluding carboxylic acids is 3. The van der Waals surface area contributed by atoms with Crippen molar-refractivity contribution in [2.24, 2.45) is 0 Å². The summed E-state index contributed by atoms with van der Waals surface area (Å²) in [7, 11) is 0. The van der Waals surface area contributed by atoms with E-state index in [0.717, 1.165) is 12.5 Å². The van der Waals surface area contributed by atoms with Gasteiger partial charge in [-0.3, -0.25) is 9.59 Å². The van der Waals surface area contributed by atoms with E-state index >= 15 is 0 Å². The Kier molecular flexibility index (Phi) is 6.77. The lowest BCUT2D eigenvalue weighted by Crippen LogP contribution is -2.26. The third kappa shape index (κ3) is 5.51. The minimum atomic E-state index is -0.775. The fraction of sp³-hybridized carbons (Fsp3) is 0.190. The number of hydrogen-bond acceptors (Lipinski definition) is 4. The van der Waals surface area contributed by atoms with Gasteiger partial charge in [-0.15, -0.1) is 0 Å². The van der Waals surface area contributed by atoms with Crippen molar-refractivity contribution in [3.8, 4) is 0 Å². The molecule has 1 fully saturated rings. The Hall–Kier alpha value is -3.00. The van der Waals surface area contributed by atoms with E-state index in [9.17, 15) is 18.8 Å². The van der Waals surface area contributed by atoms with Crippen LogP contribution in [0.2, 0.25) is 0 Å². The minimum absolute atomic E-state index is 0.00282. The number of para-hydroxylation sites is 2. The molecule has 0 aromatic heterocycles. The summed E-state index contributed by atoms with van der Waals surface area (Å²) in [5.74, 6) is -1.80. The first-order chi connectivity index (χ1) is 13.9. The number of anilines is 2. The van der Waals surface area contributed by atoms with E-state index < -0.39 is 24.3 Å². The van der Waals surface area contributed by atoms with Gasteiger partial charge in [-0.1, -0.05) is 28.1 Å². The largest absolute Gasteiger partial charge is 0.452 e. The zero-order chi connectivity index (χ0) is 20.8. The van der Waals surface area contributed by atoms with Gasteiger partial charge in [0.05, 0.1) is 11.4 Å². The summed E-state index contributed by atoms with van der Waals surface area (Å²) < 4.78 is 19.2. The van der Waals surface area contributed by atoms with Crippen molar-refractivity contribution in [3.05, 3.63) is 64.4 Å². The molecule has 2 aromatic rings. The smallest absolute Gasteiger partial charge is 0.331 e. The van der Waals surface area contributed by atoms with Crippen LogP contribution in [0.25, 0.3) is 6.08 Å². The van der Waals surface area contributed by atoms with E-state index in [0.29, 0.717) is 28.8 Å². The second-order valence-corrected chi connectivity index (χ2v) is 7.24. The molecule has 1 heterocycles. The summed E-state index contributed by atoms with van der Waals surface area (Å²) in [6.07, 6.45) is 3.57. The number of amides is 2. The third-order valence-electron chi connectivity index (χ3n) is 4.24. The fourth-order valence-corrected chi connectivity index (χ4v) is 3.27. The Bertz CT molecular complexity index is 977. The molecule has 1 N–H and O–H groups in total. The molecule has 2 aromatic carbocycles. The number of nitrogens with one attached hydrogen (secondary N) is 1. The zero-order valence-corrected chi connectivity index (χ0v) is 16.9. The van der Waals surface area contributed by atoms with Crippen molar-refractivity contribution in [3.63, 3.8) is 0 Å².